The molecule has 2 aromatic carbocycles. The van der Waals surface area contributed by atoms with Gasteiger partial charge in [0.15, 0.2) is 5.78 Å². The molecular weight excluding hydrogens is 361 g/mol. The van der Waals surface area contributed by atoms with Gasteiger partial charge in [-0.25, -0.2) is 4.79 Å². The summed E-state index contributed by atoms with van der Waals surface area (Å²) in [5.41, 5.74) is -1.84. The number of hydrogen-bond donors (Lipinski definition) is 1. The van der Waals surface area contributed by atoms with Crippen LogP contribution >= 0.6 is 0 Å². The van der Waals surface area contributed by atoms with Crippen molar-refractivity contribution in [3.63, 3.8) is 0 Å². The van der Waals surface area contributed by atoms with Gasteiger partial charge in [0.1, 0.15) is 11.3 Å². The van der Waals surface area contributed by atoms with E-state index in [9.17, 15) is 27.9 Å². The fourth-order valence-electron chi connectivity index (χ4n) is 2.66. The molecule has 0 unspecified atom stereocenters. The van der Waals surface area contributed by atoms with Crippen molar-refractivity contribution in [3.05, 3.63) is 64.2 Å². The highest BCUT2D eigenvalue weighted by molar-refractivity contribution is 6.12. The number of unbranched alkanes of at least 4 members (excludes halogenated alkanes) is 1. The molecule has 4 nitrogen and oxygen atoms in total. The average molecular weight is 380 g/mol. The molecule has 0 aliphatic rings. The lowest BCUT2D eigenvalue weighted by atomic mass is 9.92. The Balaban J connectivity index is 2.48. The largest absolute Gasteiger partial charge is 0.507 e. The molecule has 0 saturated heterocycles. The Kier molecular flexibility index (Phi) is 6.25. The minimum absolute atomic E-state index is 0.0680. The Morgan fingerprint density at radius 3 is 2.37 bits per heavy atom. The Morgan fingerprint density at radius 1 is 1.07 bits per heavy atom. The van der Waals surface area contributed by atoms with Crippen LogP contribution in [-0.4, -0.2) is 23.5 Å². The SMILES string of the molecule is CCCCOC(=O)c1c(O)ccc(C(=O)c2ccccc2C(F)(F)F)c1C. The van der Waals surface area contributed by atoms with Gasteiger partial charge in [0.2, 0.25) is 0 Å². The van der Waals surface area contributed by atoms with Gasteiger partial charge in [-0.3, -0.25) is 4.79 Å². The van der Waals surface area contributed by atoms with E-state index >= 15 is 0 Å². The van der Waals surface area contributed by atoms with Gasteiger partial charge >= 0.3 is 12.1 Å². The third-order valence-corrected chi connectivity index (χ3v) is 4.10. The molecule has 0 radical (unpaired) electrons. The number of esters is 1. The number of benzene rings is 2. The molecule has 0 atom stereocenters. The molecule has 0 spiro atoms. The topological polar surface area (TPSA) is 63.6 Å². The summed E-state index contributed by atoms with van der Waals surface area (Å²) in [6.07, 6.45) is -3.27. The van der Waals surface area contributed by atoms with Crippen molar-refractivity contribution in [2.75, 3.05) is 6.61 Å². The van der Waals surface area contributed by atoms with Gasteiger partial charge in [-0.05, 0) is 37.1 Å². The van der Waals surface area contributed by atoms with Crippen LogP contribution in [0.25, 0.3) is 0 Å². The molecule has 1 N–H and O–H groups in total. The van der Waals surface area contributed by atoms with Crippen LogP contribution < -0.4 is 0 Å². The van der Waals surface area contributed by atoms with Crippen molar-refractivity contribution in [2.24, 2.45) is 0 Å². The molecule has 0 aromatic heterocycles. The van der Waals surface area contributed by atoms with Crippen molar-refractivity contribution in [3.8, 4) is 5.75 Å². The quantitative estimate of drug-likeness (QED) is 0.440. The van der Waals surface area contributed by atoms with Crippen LogP contribution in [0.3, 0.4) is 0 Å². The number of ether oxygens (including phenoxy) is 1. The second kappa shape index (κ2) is 8.24. The maximum absolute atomic E-state index is 13.2. The standard InChI is InChI=1S/C20H19F3O4/c1-3-4-11-27-19(26)17-12(2)13(9-10-16(17)24)18(25)14-7-5-6-8-15(14)20(21,22)23/h5-10,24H,3-4,11H2,1-2H3. The summed E-state index contributed by atoms with van der Waals surface area (Å²) in [7, 11) is 0. The molecule has 0 saturated carbocycles. The smallest absolute Gasteiger partial charge is 0.417 e. The van der Waals surface area contributed by atoms with Crippen LogP contribution in [-0.2, 0) is 10.9 Å². The highest BCUT2D eigenvalue weighted by Crippen LogP contribution is 2.34. The van der Waals surface area contributed by atoms with E-state index in [1.165, 1.54) is 25.1 Å². The number of aromatic hydroxyl groups is 1. The van der Waals surface area contributed by atoms with Crippen LogP contribution in [0.1, 0.15) is 57.2 Å². The zero-order chi connectivity index (χ0) is 20.2. The molecule has 2 aromatic rings. The lowest BCUT2D eigenvalue weighted by molar-refractivity contribution is -0.137. The molecule has 0 heterocycles. The number of carbonyl (C=O) groups excluding carboxylic acids is 2. The lowest BCUT2D eigenvalue weighted by Gasteiger charge is -2.15. The minimum atomic E-state index is -4.70. The van der Waals surface area contributed by atoms with Gasteiger partial charge in [0, 0.05) is 11.1 Å². The van der Waals surface area contributed by atoms with Gasteiger partial charge < -0.3 is 9.84 Å². The fraction of sp³-hybridized carbons (Fsp3) is 0.300. The molecule has 144 valence electrons. The van der Waals surface area contributed by atoms with Gasteiger partial charge in [-0.1, -0.05) is 31.5 Å². The van der Waals surface area contributed by atoms with Crippen LogP contribution in [0.4, 0.5) is 13.2 Å². The maximum Gasteiger partial charge on any atom is 0.417 e. The molecule has 0 aliphatic heterocycles. The predicted molar refractivity (Wildman–Crippen MR) is 92.9 cm³/mol. The van der Waals surface area contributed by atoms with E-state index in [2.05, 4.69) is 0 Å². The maximum atomic E-state index is 13.2. The van der Waals surface area contributed by atoms with E-state index in [0.717, 1.165) is 24.6 Å². The summed E-state index contributed by atoms with van der Waals surface area (Å²) < 4.78 is 44.7. The van der Waals surface area contributed by atoms with E-state index < -0.39 is 34.8 Å². The molecule has 0 amide bonds. The second-order valence-electron chi connectivity index (χ2n) is 5.99. The highest BCUT2D eigenvalue weighted by Gasteiger charge is 2.35. The Labute approximate surface area is 154 Å². The molecule has 0 aliphatic carbocycles. The molecular formula is C20H19F3O4. The van der Waals surface area contributed by atoms with Crippen molar-refractivity contribution < 1.29 is 32.6 Å². The van der Waals surface area contributed by atoms with Crippen molar-refractivity contribution in [2.45, 2.75) is 32.9 Å². The first-order chi connectivity index (χ1) is 12.7. The van der Waals surface area contributed by atoms with E-state index in [4.69, 9.17) is 4.74 Å². The predicted octanol–water partition coefficient (Wildman–Crippen LogP) is 4.91. The summed E-state index contributed by atoms with van der Waals surface area (Å²) >= 11 is 0. The Hall–Kier alpha value is -2.83. The van der Waals surface area contributed by atoms with E-state index in [1.807, 2.05) is 6.92 Å². The van der Waals surface area contributed by atoms with Crippen LogP contribution in [0.2, 0.25) is 0 Å². The lowest BCUT2D eigenvalue weighted by Crippen LogP contribution is -2.16. The molecule has 27 heavy (non-hydrogen) atoms. The van der Waals surface area contributed by atoms with Gasteiger partial charge in [-0.2, -0.15) is 13.2 Å². The van der Waals surface area contributed by atoms with Crippen LogP contribution in [0.5, 0.6) is 5.75 Å². The normalized spacial score (nSPS) is 11.3. The first-order valence-electron chi connectivity index (χ1n) is 8.39. The number of ketones is 1. The molecule has 0 fully saturated rings. The number of phenols is 1. The summed E-state index contributed by atoms with van der Waals surface area (Å²) in [6.45, 7) is 3.44. The molecule has 2 rings (SSSR count). The van der Waals surface area contributed by atoms with Gasteiger partial charge in [0.25, 0.3) is 0 Å². The number of phenolic OH excluding ortho intramolecular Hbond substituents is 1. The van der Waals surface area contributed by atoms with Crippen molar-refractivity contribution >= 4 is 11.8 Å². The summed E-state index contributed by atoms with van der Waals surface area (Å²) in [4.78, 5) is 25.0. The fourth-order valence-corrected chi connectivity index (χ4v) is 2.66. The third kappa shape index (κ3) is 4.48. The first-order valence-corrected chi connectivity index (χ1v) is 8.39. The molecule has 7 heteroatoms. The van der Waals surface area contributed by atoms with Crippen LogP contribution in [0.15, 0.2) is 36.4 Å². The highest BCUT2D eigenvalue weighted by atomic mass is 19.4. The summed E-state index contributed by atoms with van der Waals surface area (Å²) in [5, 5.41) is 9.99. The van der Waals surface area contributed by atoms with E-state index in [1.54, 1.807) is 0 Å². The minimum Gasteiger partial charge on any atom is -0.507 e. The third-order valence-electron chi connectivity index (χ3n) is 4.10. The van der Waals surface area contributed by atoms with E-state index in [0.29, 0.717) is 6.42 Å². The Morgan fingerprint density at radius 2 is 1.74 bits per heavy atom. The summed E-state index contributed by atoms with van der Waals surface area (Å²) in [6, 6.07) is 6.73. The van der Waals surface area contributed by atoms with Gasteiger partial charge in [-0.15, -0.1) is 0 Å². The van der Waals surface area contributed by atoms with E-state index in [-0.39, 0.29) is 23.3 Å². The number of carbonyl (C=O) groups is 2. The number of alkyl halides is 3. The van der Waals surface area contributed by atoms with Crippen molar-refractivity contribution in [1.29, 1.82) is 0 Å². The monoisotopic (exact) mass is 380 g/mol. The zero-order valence-electron chi connectivity index (χ0n) is 14.9. The zero-order valence-corrected chi connectivity index (χ0v) is 14.9. The second-order valence-corrected chi connectivity index (χ2v) is 5.99. The van der Waals surface area contributed by atoms with Crippen LogP contribution in [0, 0.1) is 6.92 Å². The summed E-state index contributed by atoms with van der Waals surface area (Å²) in [5.74, 6) is -2.10. The Bertz CT molecular complexity index is 857. The average Bonchev–Trinajstić information content (AvgIpc) is 2.61. The van der Waals surface area contributed by atoms with Crippen molar-refractivity contribution in [1.82, 2.24) is 0 Å². The molecule has 0 bridgehead atoms. The first kappa shape index (κ1) is 20.5. The number of halogens is 3. The van der Waals surface area contributed by atoms with Gasteiger partial charge in [0.05, 0.1) is 12.2 Å². The number of rotatable bonds is 6. The number of hydrogen-bond acceptors (Lipinski definition) is 4.